The minimum atomic E-state index is -0.535. The molecule has 0 saturated heterocycles. The standard InChI is InChI=1S/C10H15BrN2O/c1-4-5-9(14)10-8(11)6-12-13(10)7(2)3/h4,6-7,9,14H,1,5H2,2-3H3. The van der Waals surface area contributed by atoms with Gasteiger partial charge in [-0.3, -0.25) is 4.68 Å². The molecule has 14 heavy (non-hydrogen) atoms. The van der Waals surface area contributed by atoms with Crippen LogP contribution in [0.4, 0.5) is 0 Å². The minimum absolute atomic E-state index is 0.246. The van der Waals surface area contributed by atoms with Crippen LogP contribution in [-0.4, -0.2) is 14.9 Å². The molecule has 1 rings (SSSR count). The Balaban J connectivity index is 3.03. The third-order valence-electron chi connectivity index (χ3n) is 1.98. The summed E-state index contributed by atoms with van der Waals surface area (Å²) in [6.07, 6.45) is 3.42. The quantitative estimate of drug-likeness (QED) is 0.844. The van der Waals surface area contributed by atoms with Gasteiger partial charge in [-0.05, 0) is 36.2 Å². The Bertz CT molecular complexity index is 320. The maximum Gasteiger partial charge on any atom is 0.100 e. The second-order valence-electron chi connectivity index (χ2n) is 3.46. The Morgan fingerprint density at radius 3 is 2.86 bits per heavy atom. The van der Waals surface area contributed by atoms with E-state index in [1.807, 2.05) is 18.5 Å². The van der Waals surface area contributed by atoms with Crippen molar-refractivity contribution in [3.63, 3.8) is 0 Å². The van der Waals surface area contributed by atoms with E-state index in [1.165, 1.54) is 0 Å². The van der Waals surface area contributed by atoms with Gasteiger partial charge in [-0.15, -0.1) is 6.58 Å². The first-order valence-electron chi connectivity index (χ1n) is 4.59. The van der Waals surface area contributed by atoms with Crippen LogP contribution in [0.5, 0.6) is 0 Å². The molecule has 78 valence electrons. The number of aliphatic hydroxyl groups excluding tert-OH is 1. The summed E-state index contributed by atoms with van der Waals surface area (Å²) in [6, 6.07) is 0.246. The molecule has 0 aliphatic rings. The van der Waals surface area contributed by atoms with Crippen molar-refractivity contribution in [3.05, 3.63) is 29.0 Å². The third-order valence-corrected chi connectivity index (χ3v) is 2.59. The number of rotatable bonds is 4. The van der Waals surface area contributed by atoms with E-state index < -0.39 is 6.10 Å². The van der Waals surface area contributed by atoms with E-state index >= 15 is 0 Å². The molecule has 0 radical (unpaired) electrons. The molecule has 0 bridgehead atoms. The highest BCUT2D eigenvalue weighted by Crippen LogP contribution is 2.27. The fourth-order valence-electron chi connectivity index (χ4n) is 1.34. The van der Waals surface area contributed by atoms with Crippen LogP contribution in [0.3, 0.4) is 0 Å². The summed E-state index contributed by atoms with van der Waals surface area (Å²) in [5.74, 6) is 0. The van der Waals surface area contributed by atoms with Crippen LogP contribution in [0.25, 0.3) is 0 Å². The van der Waals surface area contributed by atoms with Crippen molar-refractivity contribution in [2.75, 3.05) is 0 Å². The lowest BCUT2D eigenvalue weighted by Gasteiger charge is -2.15. The first-order chi connectivity index (χ1) is 6.57. The monoisotopic (exact) mass is 258 g/mol. The number of halogens is 1. The summed E-state index contributed by atoms with van der Waals surface area (Å²) in [7, 11) is 0. The largest absolute Gasteiger partial charge is 0.386 e. The maximum absolute atomic E-state index is 9.86. The third kappa shape index (κ3) is 2.25. The average molecular weight is 259 g/mol. The molecule has 0 spiro atoms. The highest BCUT2D eigenvalue weighted by Gasteiger charge is 2.17. The van der Waals surface area contributed by atoms with Crippen molar-refractivity contribution < 1.29 is 5.11 Å². The van der Waals surface area contributed by atoms with Crippen LogP contribution in [0.1, 0.15) is 38.1 Å². The smallest absolute Gasteiger partial charge is 0.100 e. The SMILES string of the molecule is C=CCC(O)c1c(Br)cnn1C(C)C. The summed E-state index contributed by atoms with van der Waals surface area (Å²) < 4.78 is 2.67. The predicted octanol–water partition coefficient (Wildman–Crippen LogP) is 2.84. The Kier molecular flexibility index (Phi) is 3.89. The normalized spacial score (nSPS) is 13.2. The molecule has 1 unspecified atom stereocenters. The molecule has 1 heterocycles. The van der Waals surface area contributed by atoms with E-state index in [0.717, 1.165) is 10.2 Å². The molecule has 4 heteroatoms. The zero-order chi connectivity index (χ0) is 10.7. The van der Waals surface area contributed by atoms with Crippen molar-refractivity contribution in [1.82, 2.24) is 9.78 Å². The van der Waals surface area contributed by atoms with Crippen LogP contribution >= 0.6 is 15.9 Å². The Morgan fingerprint density at radius 1 is 1.71 bits per heavy atom. The number of hydrogen-bond acceptors (Lipinski definition) is 2. The summed E-state index contributed by atoms with van der Waals surface area (Å²) in [6.45, 7) is 7.67. The maximum atomic E-state index is 9.86. The summed E-state index contributed by atoms with van der Waals surface area (Å²) in [4.78, 5) is 0. The van der Waals surface area contributed by atoms with Gasteiger partial charge >= 0.3 is 0 Å². The topological polar surface area (TPSA) is 38.1 Å². The Hall–Kier alpha value is -0.610. The Labute approximate surface area is 92.6 Å². The van der Waals surface area contributed by atoms with Gasteiger partial charge < -0.3 is 5.11 Å². The van der Waals surface area contributed by atoms with Crippen molar-refractivity contribution >= 4 is 15.9 Å². The lowest BCUT2D eigenvalue weighted by atomic mass is 10.2. The van der Waals surface area contributed by atoms with Gasteiger partial charge in [-0.2, -0.15) is 5.10 Å². The molecule has 1 aromatic rings. The molecule has 1 N–H and O–H groups in total. The highest BCUT2D eigenvalue weighted by molar-refractivity contribution is 9.10. The second kappa shape index (κ2) is 4.75. The fraction of sp³-hybridized carbons (Fsp3) is 0.500. The molecule has 0 aromatic carbocycles. The van der Waals surface area contributed by atoms with Gasteiger partial charge in [0.25, 0.3) is 0 Å². The van der Waals surface area contributed by atoms with E-state index in [-0.39, 0.29) is 6.04 Å². The summed E-state index contributed by atoms with van der Waals surface area (Å²) in [5, 5.41) is 14.1. The molecule has 1 atom stereocenters. The van der Waals surface area contributed by atoms with E-state index in [9.17, 15) is 5.11 Å². The van der Waals surface area contributed by atoms with E-state index in [2.05, 4.69) is 27.6 Å². The number of nitrogens with zero attached hydrogens (tertiary/aromatic N) is 2. The van der Waals surface area contributed by atoms with Crippen LogP contribution in [0.15, 0.2) is 23.3 Å². The van der Waals surface area contributed by atoms with Gasteiger partial charge in [0, 0.05) is 6.04 Å². The van der Waals surface area contributed by atoms with Crippen LogP contribution < -0.4 is 0 Å². The average Bonchev–Trinajstić information content (AvgIpc) is 2.47. The molecule has 1 aromatic heterocycles. The van der Waals surface area contributed by atoms with Crippen molar-refractivity contribution in [1.29, 1.82) is 0 Å². The van der Waals surface area contributed by atoms with Gasteiger partial charge in [0.05, 0.1) is 16.4 Å². The van der Waals surface area contributed by atoms with Gasteiger partial charge in [-0.25, -0.2) is 0 Å². The Morgan fingerprint density at radius 2 is 2.36 bits per heavy atom. The molecular weight excluding hydrogens is 244 g/mol. The van der Waals surface area contributed by atoms with Crippen LogP contribution in [0, 0.1) is 0 Å². The van der Waals surface area contributed by atoms with Gasteiger partial charge in [-0.1, -0.05) is 6.08 Å². The first kappa shape index (κ1) is 11.5. The van der Waals surface area contributed by atoms with Crippen molar-refractivity contribution in [2.24, 2.45) is 0 Å². The minimum Gasteiger partial charge on any atom is -0.386 e. The molecule has 0 aliphatic heterocycles. The van der Waals surface area contributed by atoms with Crippen molar-refractivity contribution in [3.8, 4) is 0 Å². The molecule has 0 aliphatic carbocycles. The van der Waals surface area contributed by atoms with Gasteiger partial charge in [0.15, 0.2) is 0 Å². The van der Waals surface area contributed by atoms with E-state index in [1.54, 1.807) is 12.3 Å². The fourth-order valence-corrected chi connectivity index (χ4v) is 1.88. The zero-order valence-corrected chi connectivity index (χ0v) is 10.0. The second-order valence-corrected chi connectivity index (χ2v) is 4.31. The molecule has 0 amide bonds. The molecule has 3 nitrogen and oxygen atoms in total. The van der Waals surface area contributed by atoms with Crippen LogP contribution in [-0.2, 0) is 0 Å². The lowest BCUT2D eigenvalue weighted by molar-refractivity contribution is 0.167. The van der Waals surface area contributed by atoms with Crippen molar-refractivity contribution in [2.45, 2.75) is 32.4 Å². The first-order valence-corrected chi connectivity index (χ1v) is 5.39. The molecule has 0 fully saturated rings. The number of aromatic nitrogens is 2. The summed E-state index contributed by atoms with van der Waals surface area (Å²) >= 11 is 3.38. The van der Waals surface area contributed by atoms with E-state index in [4.69, 9.17) is 0 Å². The highest BCUT2D eigenvalue weighted by atomic mass is 79.9. The van der Waals surface area contributed by atoms with Crippen LogP contribution in [0.2, 0.25) is 0 Å². The summed E-state index contributed by atoms with van der Waals surface area (Å²) in [5.41, 5.74) is 0.819. The van der Waals surface area contributed by atoms with Gasteiger partial charge in [0.2, 0.25) is 0 Å². The predicted molar refractivity (Wildman–Crippen MR) is 60.1 cm³/mol. The molecular formula is C10H15BrN2O. The van der Waals surface area contributed by atoms with Gasteiger partial charge in [0.1, 0.15) is 6.10 Å². The molecule has 0 saturated carbocycles. The zero-order valence-electron chi connectivity index (χ0n) is 8.44. The lowest BCUT2D eigenvalue weighted by Crippen LogP contribution is -2.11. The number of hydrogen-bond donors (Lipinski definition) is 1. The number of aliphatic hydroxyl groups is 1. The van der Waals surface area contributed by atoms with E-state index in [0.29, 0.717) is 6.42 Å².